The minimum Gasteiger partial charge on any atom is -0.543 e. The average molecular weight is 1050 g/mol. The highest BCUT2D eigenvalue weighted by molar-refractivity contribution is 6.74. The van der Waals surface area contributed by atoms with Crippen LogP contribution in [0.2, 0.25) is 18.1 Å². The number of nitrogen functional groups attached to an aromatic ring is 1. The van der Waals surface area contributed by atoms with Gasteiger partial charge in [-0.05, 0) is 123 Å². The Morgan fingerprint density at radius 1 is 0.649 bits per heavy atom. The van der Waals surface area contributed by atoms with Gasteiger partial charge in [-0.2, -0.15) is 0 Å². The van der Waals surface area contributed by atoms with Crippen molar-refractivity contribution in [3.8, 4) is 28.0 Å². The molecule has 1 aromatic heterocycles. The maximum atomic E-state index is 14.2. The van der Waals surface area contributed by atoms with Crippen molar-refractivity contribution in [1.29, 1.82) is 0 Å². The van der Waals surface area contributed by atoms with E-state index in [4.69, 9.17) is 31.0 Å². The van der Waals surface area contributed by atoms with Crippen molar-refractivity contribution in [3.05, 3.63) is 177 Å². The first-order valence-corrected chi connectivity index (χ1v) is 29.1. The number of nitrogens with two attached hydrogens (primary N) is 1. The lowest BCUT2D eigenvalue weighted by atomic mass is 9.95. The maximum absolute atomic E-state index is 14.2. The lowest BCUT2D eigenvalue weighted by Crippen LogP contribution is -2.45. The third-order valence-corrected chi connectivity index (χ3v) is 17.7. The van der Waals surface area contributed by atoms with Crippen LogP contribution in [0.25, 0.3) is 43.8 Å². The molecule has 2 aromatic carbocycles. The fraction of sp³-hybridized carbons (Fsp3) is 0.359. The number of carbonyl (C=O) groups excluding carboxylic acids is 3. The van der Waals surface area contributed by atoms with E-state index in [1.54, 1.807) is 24.3 Å². The third kappa shape index (κ3) is 12.2. The third-order valence-electron chi connectivity index (χ3n) is 13.3. The van der Waals surface area contributed by atoms with Gasteiger partial charge in [0.1, 0.15) is 17.4 Å². The van der Waals surface area contributed by atoms with E-state index < -0.39 is 36.5 Å². The average Bonchev–Trinajstić information content (AvgIpc) is 3.77. The summed E-state index contributed by atoms with van der Waals surface area (Å²) < 4.78 is 13.3. The largest absolute Gasteiger partial charge is 0.543 e. The van der Waals surface area contributed by atoms with Crippen LogP contribution < -0.4 is 26.2 Å². The fourth-order valence-electron chi connectivity index (χ4n) is 9.03. The van der Waals surface area contributed by atoms with Crippen LogP contribution in [-0.2, 0) is 4.84 Å². The van der Waals surface area contributed by atoms with Crippen molar-refractivity contribution in [3.63, 3.8) is 0 Å². The monoisotopic (exact) mass is 1050 g/mol. The Bertz CT molecular complexity index is 3450. The van der Waals surface area contributed by atoms with Gasteiger partial charge < -0.3 is 30.0 Å². The van der Waals surface area contributed by atoms with Crippen LogP contribution in [-0.4, -0.2) is 53.1 Å². The van der Waals surface area contributed by atoms with Crippen LogP contribution in [0.1, 0.15) is 158 Å². The van der Waals surface area contributed by atoms with E-state index in [1.807, 2.05) is 164 Å². The number of benzene rings is 2. The Morgan fingerprint density at radius 2 is 1.12 bits per heavy atom. The van der Waals surface area contributed by atoms with E-state index in [0.717, 1.165) is 27.8 Å². The van der Waals surface area contributed by atoms with E-state index in [2.05, 4.69) is 70.1 Å². The molecule has 3 aromatic rings. The lowest BCUT2D eigenvalue weighted by Gasteiger charge is -2.39. The fourth-order valence-corrected chi connectivity index (χ4v) is 10.1. The normalized spacial score (nSPS) is 15.0. The number of fused-ring (bicyclic) bond motifs is 4. The molecule has 0 spiro atoms. The van der Waals surface area contributed by atoms with Gasteiger partial charge in [0.05, 0.1) is 34.0 Å². The van der Waals surface area contributed by atoms with Gasteiger partial charge in [-0.15, -0.1) is 5.06 Å². The number of nitrogens with zero attached hydrogens (tertiary/aromatic N) is 3. The van der Waals surface area contributed by atoms with E-state index in [-0.39, 0.29) is 34.1 Å². The van der Waals surface area contributed by atoms with E-state index in [0.29, 0.717) is 55.8 Å². The summed E-state index contributed by atoms with van der Waals surface area (Å²) in [5, 5.41) is 9.01. The number of hydrogen-bond acceptors (Lipinski definition) is 9. The van der Waals surface area contributed by atoms with Gasteiger partial charge in [-0.1, -0.05) is 142 Å². The second-order valence-corrected chi connectivity index (χ2v) is 30.0. The van der Waals surface area contributed by atoms with E-state index >= 15 is 0 Å². The van der Waals surface area contributed by atoms with Gasteiger partial charge in [-0.3, -0.25) is 19.4 Å². The van der Waals surface area contributed by atoms with Crippen molar-refractivity contribution in [1.82, 2.24) is 15.7 Å². The molecule has 2 heterocycles. The van der Waals surface area contributed by atoms with Crippen LogP contribution in [0.4, 0.5) is 5.88 Å². The zero-order valence-electron chi connectivity index (χ0n) is 48.0. The van der Waals surface area contributed by atoms with Crippen LogP contribution in [0, 0.1) is 6.57 Å². The molecule has 8 rings (SSSR count). The number of ketones is 1. The molecule has 0 fully saturated rings. The molecule has 0 saturated heterocycles. The number of amides is 2. The molecule has 1 unspecified atom stereocenters. The SMILES string of the molecule is CC(C)(C)N=c1c(C(=O)c2ccccc2)c(N)oc2c(C(=O)NC(C)(C)C)c3cccccc-3c12.[C-]#[N+]C1=C(c2ccccc2)ON(C(C)(C)C)C1c1c2cccccc-2c(C(=O)NC(C)(C)C)c1O[Si](C)(C)C(C)(C)C. The number of hydrogen-bond donors (Lipinski definition) is 3. The van der Waals surface area contributed by atoms with Crippen molar-refractivity contribution in [2.45, 2.75) is 150 Å². The maximum Gasteiger partial charge on any atom is 0.256 e. The zero-order chi connectivity index (χ0) is 56.8. The molecule has 0 bridgehead atoms. The summed E-state index contributed by atoms with van der Waals surface area (Å²) in [5.41, 5.74) is 11.5. The van der Waals surface area contributed by atoms with Gasteiger partial charge >= 0.3 is 0 Å². The number of rotatable bonds is 8. The first kappa shape index (κ1) is 57.2. The van der Waals surface area contributed by atoms with Crippen molar-refractivity contribution in [2.24, 2.45) is 4.99 Å². The van der Waals surface area contributed by atoms with Crippen LogP contribution in [0.15, 0.2) is 136 Å². The Morgan fingerprint density at radius 3 is 1.60 bits per heavy atom. The highest BCUT2D eigenvalue weighted by atomic mass is 28.4. The summed E-state index contributed by atoms with van der Waals surface area (Å²) in [6.07, 6.45) is 0. The first-order valence-electron chi connectivity index (χ1n) is 26.2. The minimum absolute atomic E-state index is 0.0705. The molecule has 5 aliphatic rings. The minimum atomic E-state index is -2.46. The molecule has 1 aliphatic heterocycles. The predicted octanol–water partition coefficient (Wildman–Crippen LogP) is 14.7. The molecule has 4 aliphatic carbocycles. The summed E-state index contributed by atoms with van der Waals surface area (Å²) in [4.78, 5) is 57.0. The van der Waals surface area contributed by atoms with Gasteiger partial charge in [0.2, 0.25) is 17.4 Å². The lowest BCUT2D eigenvalue weighted by molar-refractivity contribution is -0.157. The smallest absolute Gasteiger partial charge is 0.256 e. The summed E-state index contributed by atoms with van der Waals surface area (Å²) >= 11 is 0. The summed E-state index contributed by atoms with van der Waals surface area (Å²) in [6, 6.07) is 37.4. The molecular formula is C64H76N6O6Si. The highest BCUT2D eigenvalue weighted by Crippen LogP contribution is 2.56. The standard InChI is InChI=1S/C35H45N3O3Si.C29H31N3O3/c1-33(2,3)37-32(39)27-25-22-18-14-17-21-24(25)26(31(27)41-42(11,12)35(7,8)9)29-28(36-10)30(23-19-15-13-16-20-23)40-38(29)34(4,5)6;1-28(2,3)31-23-20-18-15-11-8-12-16-19(18)21(27(34)32-29(4,5)6)25(20)35-26(30)22(23)24(33)17-13-9-7-10-14-17/h13-22,29H,1-9,11-12H3,(H,37,39);7-16H,30H2,1-6H3,(H,32,34). The van der Waals surface area contributed by atoms with Crippen LogP contribution in [0.3, 0.4) is 0 Å². The highest BCUT2D eigenvalue weighted by Gasteiger charge is 2.50. The van der Waals surface area contributed by atoms with Crippen molar-refractivity contribution in [2.75, 3.05) is 5.73 Å². The molecule has 402 valence electrons. The zero-order valence-corrected chi connectivity index (χ0v) is 49.0. The van der Waals surface area contributed by atoms with Gasteiger partial charge in [0.25, 0.3) is 20.1 Å². The number of anilines is 1. The van der Waals surface area contributed by atoms with Crippen molar-refractivity contribution >= 4 is 48.5 Å². The Balaban J connectivity index is 0.000000227. The molecule has 77 heavy (non-hydrogen) atoms. The number of carbonyl (C=O) groups is 3. The molecule has 4 N–H and O–H groups in total. The summed E-state index contributed by atoms with van der Waals surface area (Å²) in [6.45, 7) is 43.1. The number of nitrogens with one attached hydrogen (secondary N) is 2. The van der Waals surface area contributed by atoms with Gasteiger partial charge in [-0.25, -0.2) is 4.85 Å². The summed E-state index contributed by atoms with van der Waals surface area (Å²) in [5.74, 6) is 0.236. The molecule has 2 amide bonds. The predicted molar refractivity (Wildman–Crippen MR) is 313 cm³/mol. The molecule has 0 radical (unpaired) electrons. The second-order valence-electron chi connectivity index (χ2n) is 25.3. The topological polar surface area (TPSA) is 153 Å². The molecule has 1 atom stereocenters. The summed E-state index contributed by atoms with van der Waals surface area (Å²) in [7, 11) is -2.46. The number of hydroxylamine groups is 2. The molecular weight excluding hydrogens is 977 g/mol. The van der Waals surface area contributed by atoms with E-state index in [1.165, 1.54) is 0 Å². The first-order chi connectivity index (χ1) is 35.7. The molecule has 12 nitrogen and oxygen atoms in total. The van der Waals surface area contributed by atoms with Gasteiger partial charge in [0, 0.05) is 33.3 Å². The van der Waals surface area contributed by atoms with Gasteiger partial charge in [0.15, 0.2) is 11.3 Å². The molecule has 0 saturated carbocycles. The van der Waals surface area contributed by atoms with Crippen LogP contribution in [0.5, 0.6) is 5.75 Å². The Hall–Kier alpha value is -7.53. The Kier molecular flexibility index (Phi) is 15.7. The molecule has 13 heteroatoms. The second kappa shape index (κ2) is 21.1. The van der Waals surface area contributed by atoms with Crippen molar-refractivity contribution < 1.29 is 28.1 Å². The van der Waals surface area contributed by atoms with E-state index in [9.17, 15) is 14.4 Å². The van der Waals surface area contributed by atoms with Crippen LogP contribution >= 0.6 is 0 Å². The quantitative estimate of drug-likeness (QED) is 0.0773. The Labute approximate surface area is 456 Å².